The summed E-state index contributed by atoms with van der Waals surface area (Å²) in [7, 11) is 1.99. The number of halogens is 3. The molecule has 0 spiro atoms. The normalized spacial score (nSPS) is 11.4. The molecule has 0 aliphatic carbocycles. The highest BCUT2D eigenvalue weighted by molar-refractivity contribution is 7.07. The van der Waals surface area contributed by atoms with Gasteiger partial charge in [-0.2, -0.15) is 0 Å². The van der Waals surface area contributed by atoms with E-state index in [9.17, 15) is 0 Å². The van der Waals surface area contributed by atoms with E-state index in [2.05, 4.69) is 24.4 Å². The minimum atomic E-state index is 0. The Morgan fingerprint density at radius 3 is 2.57 bits per heavy atom. The highest BCUT2D eigenvalue weighted by Gasteiger charge is 2.09. The van der Waals surface area contributed by atoms with Crippen LogP contribution >= 0.6 is 46.9 Å². The van der Waals surface area contributed by atoms with Crippen molar-refractivity contribution >= 4 is 52.6 Å². The number of thiazole rings is 1. The summed E-state index contributed by atoms with van der Waals surface area (Å²) in [5, 5.41) is 3.34. The Kier molecular flexibility index (Phi) is 5.93. The summed E-state index contributed by atoms with van der Waals surface area (Å²) in [6.07, 6.45) is 0. The maximum Gasteiger partial charge on any atom is 0.190 e. The first-order valence-electron chi connectivity index (χ1n) is 6.76. The zero-order valence-corrected chi connectivity index (χ0v) is 15.7. The number of hydrogen-bond acceptors (Lipinski definition) is 2. The van der Waals surface area contributed by atoms with Crippen LogP contribution in [0.25, 0.3) is 11.3 Å². The van der Waals surface area contributed by atoms with E-state index in [0.717, 1.165) is 21.7 Å². The van der Waals surface area contributed by atoms with Gasteiger partial charge in [0.2, 0.25) is 0 Å². The molecule has 1 aromatic heterocycles. The van der Waals surface area contributed by atoms with Gasteiger partial charge < -0.3 is 4.57 Å². The number of hydrogen-bond donors (Lipinski definition) is 0. The summed E-state index contributed by atoms with van der Waals surface area (Å²) >= 11 is 13.9. The standard InChI is InChI=1S/C17H14Cl2N2S.ClH/c1-11-4-3-5-13(8-11)20-17-21(2)16(10-22-17)14-7-6-12(18)9-15(14)19;/h3-10H,1-2H3;1H. The molecule has 2 nitrogen and oxygen atoms in total. The highest BCUT2D eigenvalue weighted by Crippen LogP contribution is 2.30. The molecule has 0 unspecified atom stereocenters. The van der Waals surface area contributed by atoms with Gasteiger partial charge in [0.15, 0.2) is 4.80 Å². The Morgan fingerprint density at radius 1 is 1.09 bits per heavy atom. The van der Waals surface area contributed by atoms with Crippen molar-refractivity contribution in [1.82, 2.24) is 4.57 Å². The SMILES string of the molecule is Cc1cccc(N=c2scc(-c3ccc(Cl)cc3Cl)n2C)c1.Cl. The van der Waals surface area contributed by atoms with Crippen molar-refractivity contribution in [2.75, 3.05) is 0 Å². The first kappa shape index (κ1) is 18.1. The van der Waals surface area contributed by atoms with E-state index in [1.165, 1.54) is 5.56 Å². The van der Waals surface area contributed by atoms with E-state index in [-0.39, 0.29) is 12.4 Å². The molecule has 2 aromatic carbocycles. The third-order valence-corrected chi connectivity index (χ3v) is 4.82. The largest absolute Gasteiger partial charge is 0.319 e. The van der Waals surface area contributed by atoms with Crippen LogP contribution < -0.4 is 4.80 Å². The zero-order chi connectivity index (χ0) is 15.7. The quantitative estimate of drug-likeness (QED) is 0.513. The lowest BCUT2D eigenvalue weighted by Crippen LogP contribution is -2.10. The lowest BCUT2D eigenvalue weighted by Gasteiger charge is -2.05. The fourth-order valence-electron chi connectivity index (χ4n) is 2.22. The minimum absolute atomic E-state index is 0. The van der Waals surface area contributed by atoms with Crippen LogP contribution in [0.4, 0.5) is 5.69 Å². The maximum absolute atomic E-state index is 6.30. The number of rotatable bonds is 2. The van der Waals surface area contributed by atoms with Gasteiger partial charge >= 0.3 is 0 Å². The van der Waals surface area contributed by atoms with Crippen LogP contribution in [0.5, 0.6) is 0 Å². The van der Waals surface area contributed by atoms with Gasteiger partial charge in [-0.25, -0.2) is 4.99 Å². The average Bonchev–Trinajstić information content (AvgIpc) is 2.81. The summed E-state index contributed by atoms with van der Waals surface area (Å²) in [6, 6.07) is 13.7. The summed E-state index contributed by atoms with van der Waals surface area (Å²) in [5.74, 6) is 0. The van der Waals surface area contributed by atoms with E-state index >= 15 is 0 Å². The van der Waals surface area contributed by atoms with E-state index in [0.29, 0.717) is 10.0 Å². The molecular formula is C17H15Cl3N2S. The van der Waals surface area contributed by atoms with Gasteiger partial charge in [-0.3, -0.25) is 0 Å². The molecule has 0 fully saturated rings. The molecule has 23 heavy (non-hydrogen) atoms. The highest BCUT2D eigenvalue weighted by atomic mass is 35.5. The van der Waals surface area contributed by atoms with Crippen molar-refractivity contribution in [3.8, 4) is 11.3 Å². The van der Waals surface area contributed by atoms with Crippen LogP contribution in [0.2, 0.25) is 10.0 Å². The Hall–Kier alpha value is -1.26. The first-order valence-corrected chi connectivity index (χ1v) is 8.39. The van der Waals surface area contributed by atoms with Crippen molar-refractivity contribution in [1.29, 1.82) is 0 Å². The Morgan fingerprint density at radius 2 is 1.87 bits per heavy atom. The molecule has 0 N–H and O–H groups in total. The van der Waals surface area contributed by atoms with E-state index in [1.807, 2.05) is 35.9 Å². The summed E-state index contributed by atoms with van der Waals surface area (Å²) in [6.45, 7) is 2.06. The topological polar surface area (TPSA) is 17.3 Å². The Balaban J connectivity index is 0.00000192. The van der Waals surface area contributed by atoms with Gasteiger partial charge in [-0.05, 0) is 42.8 Å². The fraction of sp³-hybridized carbons (Fsp3) is 0.118. The third kappa shape index (κ3) is 3.99. The number of nitrogens with zero attached hydrogens (tertiary/aromatic N) is 2. The molecular weight excluding hydrogens is 371 g/mol. The van der Waals surface area contributed by atoms with Gasteiger partial charge in [-0.1, -0.05) is 35.3 Å². The van der Waals surface area contributed by atoms with Crippen molar-refractivity contribution in [2.45, 2.75) is 6.92 Å². The minimum Gasteiger partial charge on any atom is -0.319 e. The van der Waals surface area contributed by atoms with Crippen LogP contribution in [0.15, 0.2) is 52.8 Å². The molecule has 0 radical (unpaired) electrons. The lowest BCUT2D eigenvalue weighted by molar-refractivity contribution is 0.883. The second kappa shape index (κ2) is 7.54. The zero-order valence-electron chi connectivity index (χ0n) is 12.6. The monoisotopic (exact) mass is 384 g/mol. The van der Waals surface area contributed by atoms with Crippen molar-refractivity contribution in [3.63, 3.8) is 0 Å². The molecule has 120 valence electrons. The van der Waals surface area contributed by atoms with Crippen LogP contribution in [-0.4, -0.2) is 4.57 Å². The smallest absolute Gasteiger partial charge is 0.190 e. The van der Waals surface area contributed by atoms with Crippen molar-refractivity contribution < 1.29 is 0 Å². The molecule has 1 heterocycles. The molecule has 0 amide bonds. The molecule has 0 saturated carbocycles. The average molecular weight is 386 g/mol. The van der Waals surface area contributed by atoms with Crippen molar-refractivity contribution in [3.05, 3.63) is 68.3 Å². The summed E-state index contributed by atoms with van der Waals surface area (Å²) < 4.78 is 2.04. The van der Waals surface area contributed by atoms with Crippen molar-refractivity contribution in [2.24, 2.45) is 12.0 Å². The molecule has 3 aromatic rings. The van der Waals surface area contributed by atoms with Gasteiger partial charge in [0.05, 0.1) is 16.4 Å². The van der Waals surface area contributed by atoms with Crippen LogP contribution in [-0.2, 0) is 7.05 Å². The van der Waals surface area contributed by atoms with Gasteiger partial charge in [-0.15, -0.1) is 23.7 Å². The number of aryl methyl sites for hydroxylation is 1. The van der Waals surface area contributed by atoms with Gasteiger partial charge in [0.1, 0.15) is 0 Å². The molecule has 3 rings (SSSR count). The molecule has 0 aliphatic rings. The number of aromatic nitrogens is 1. The predicted molar refractivity (Wildman–Crippen MR) is 102 cm³/mol. The molecule has 0 atom stereocenters. The maximum atomic E-state index is 6.30. The lowest BCUT2D eigenvalue weighted by atomic mass is 10.2. The second-order valence-electron chi connectivity index (χ2n) is 5.04. The number of benzene rings is 2. The van der Waals surface area contributed by atoms with Gasteiger partial charge in [0.25, 0.3) is 0 Å². The van der Waals surface area contributed by atoms with Crippen LogP contribution in [0.3, 0.4) is 0 Å². The Bertz CT molecular complexity index is 897. The first-order chi connectivity index (χ1) is 10.5. The third-order valence-electron chi connectivity index (χ3n) is 3.36. The van der Waals surface area contributed by atoms with Crippen LogP contribution in [0.1, 0.15) is 5.56 Å². The summed E-state index contributed by atoms with van der Waals surface area (Å²) in [5.41, 5.74) is 4.13. The molecule has 0 saturated heterocycles. The van der Waals surface area contributed by atoms with E-state index < -0.39 is 0 Å². The van der Waals surface area contributed by atoms with E-state index in [4.69, 9.17) is 28.2 Å². The Labute approximate surface area is 155 Å². The van der Waals surface area contributed by atoms with E-state index in [1.54, 1.807) is 17.4 Å². The second-order valence-corrected chi connectivity index (χ2v) is 6.72. The molecule has 6 heteroatoms. The molecule has 0 aliphatic heterocycles. The van der Waals surface area contributed by atoms with Gasteiger partial charge in [0, 0.05) is 23.0 Å². The predicted octanol–water partition coefficient (Wildman–Crippen LogP) is 6.02. The summed E-state index contributed by atoms with van der Waals surface area (Å²) in [4.78, 5) is 5.63. The van der Waals surface area contributed by atoms with Crippen LogP contribution in [0, 0.1) is 6.92 Å². The molecule has 0 bridgehead atoms. The fourth-order valence-corrected chi connectivity index (χ4v) is 3.64.